The zero-order valence-corrected chi connectivity index (χ0v) is 13.2. The minimum atomic E-state index is -0.437. The molecule has 17 heavy (non-hydrogen) atoms. The number of carbonyl (C=O) groups excluding carboxylic acids is 1. The van der Waals surface area contributed by atoms with Crippen LogP contribution in [0.2, 0.25) is 0 Å². The van der Waals surface area contributed by atoms with Crippen LogP contribution < -0.4 is 0 Å². The monoisotopic (exact) mass is 309 g/mol. The summed E-state index contributed by atoms with van der Waals surface area (Å²) in [5.74, 6) is -0.437. The van der Waals surface area contributed by atoms with Crippen LogP contribution in [0, 0.1) is 14.4 Å². The van der Waals surface area contributed by atoms with E-state index in [-0.39, 0.29) is 40.1 Å². The summed E-state index contributed by atoms with van der Waals surface area (Å²) in [6, 6.07) is 7.30. The second-order valence-corrected chi connectivity index (χ2v) is 2.92. The normalized spacial score (nSPS) is 9.65. The fourth-order valence-corrected chi connectivity index (χ4v) is 1.23. The summed E-state index contributed by atoms with van der Waals surface area (Å²) in [5, 5.41) is 0. The molecule has 1 aromatic rings. The van der Waals surface area contributed by atoms with E-state index in [9.17, 15) is 4.79 Å². The van der Waals surface area contributed by atoms with Gasteiger partial charge in [-0.25, -0.2) is 4.79 Å². The van der Waals surface area contributed by atoms with Gasteiger partial charge in [0.05, 0.1) is 20.5 Å². The summed E-state index contributed by atoms with van der Waals surface area (Å²) in [4.78, 5) is 11.5. The number of esters is 1. The fourth-order valence-electron chi connectivity index (χ4n) is 1.23. The maximum Gasteiger partial charge on any atom is 0.329 e. The van der Waals surface area contributed by atoms with E-state index in [4.69, 9.17) is 4.74 Å². The summed E-state index contributed by atoms with van der Waals surface area (Å²) in [6.45, 7) is 3.84. The van der Waals surface area contributed by atoms with Crippen molar-refractivity contribution >= 4 is 11.5 Å². The molecule has 0 heterocycles. The number of ether oxygens (including phenoxy) is 2. The van der Waals surface area contributed by atoms with E-state index in [1.807, 2.05) is 18.2 Å². The van der Waals surface area contributed by atoms with E-state index in [0.29, 0.717) is 11.1 Å². The maximum atomic E-state index is 11.5. The van der Waals surface area contributed by atoms with Gasteiger partial charge in [0.1, 0.15) is 0 Å². The zero-order valence-electron chi connectivity index (χ0n) is 10.4. The van der Waals surface area contributed by atoms with E-state index < -0.39 is 5.97 Å². The summed E-state index contributed by atoms with van der Waals surface area (Å²) in [7, 11) is 2.81. The average molecular weight is 309 g/mol. The molecule has 91 valence electrons. The molecule has 0 fully saturated rings. The molecule has 3 nitrogen and oxygen atoms in total. The van der Waals surface area contributed by atoms with Crippen molar-refractivity contribution in [2.24, 2.45) is 0 Å². The molecule has 0 unspecified atom stereocenters. The predicted molar refractivity (Wildman–Crippen MR) is 64.3 cm³/mol. The quantitative estimate of drug-likeness (QED) is 0.372. The molecule has 0 aromatic heterocycles. The minimum Gasteiger partial charge on any atom is -0.505 e. The first kappa shape index (κ1) is 18.6. The molecule has 0 saturated heterocycles. The first-order chi connectivity index (χ1) is 7.20. The summed E-state index contributed by atoms with van der Waals surface area (Å²) in [5.41, 5.74) is 1.84. The Labute approximate surface area is 128 Å². The molecule has 1 radical (unpaired) electrons. The minimum absolute atomic E-state index is 0. The number of methoxy groups -OCH3 is 2. The van der Waals surface area contributed by atoms with Crippen molar-refractivity contribution in [1.82, 2.24) is 0 Å². The molecule has 0 aliphatic carbocycles. The SMILES string of the molecule is [CH2-]c1ccccc1/C(=C\OC)C(=O)OC.[CH3-].[Y]. The van der Waals surface area contributed by atoms with Crippen LogP contribution in [0.15, 0.2) is 30.5 Å². The second-order valence-electron chi connectivity index (χ2n) is 2.92. The molecule has 0 aliphatic rings. The number of rotatable bonds is 3. The van der Waals surface area contributed by atoms with Crippen molar-refractivity contribution in [3.05, 3.63) is 56.0 Å². The third kappa shape index (κ3) is 4.92. The Bertz CT molecular complexity index is 386. The Morgan fingerprint density at radius 2 is 1.88 bits per heavy atom. The first-order valence-electron chi connectivity index (χ1n) is 4.43. The molecule has 0 atom stereocenters. The van der Waals surface area contributed by atoms with Gasteiger partial charge >= 0.3 is 5.97 Å². The van der Waals surface area contributed by atoms with E-state index in [2.05, 4.69) is 11.7 Å². The standard InChI is InChI=1S/C12H13O3.CH3.Y/c1-9-6-4-5-7-10(9)11(8-14-2)12(13)15-3;;/h4-8H,1H2,2-3H3;1H3;/q2*-1;/b11-8+;;. The number of benzene rings is 1. The molecule has 1 aromatic carbocycles. The topological polar surface area (TPSA) is 35.5 Å². The van der Waals surface area contributed by atoms with Gasteiger partial charge in [0.25, 0.3) is 0 Å². The smallest absolute Gasteiger partial charge is 0.329 e. The van der Waals surface area contributed by atoms with Crippen LogP contribution >= 0.6 is 0 Å². The second kappa shape index (κ2) is 9.26. The van der Waals surface area contributed by atoms with E-state index >= 15 is 0 Å². The predicted octanol–water partition coefficient (Wildman–Crippen LogP) is 2.48. The number of hydrogen-bond donors (Lipinski definition) is 0. The molecule has 1 rings (SSSR count). The van der Waals surface area contributed by atoms with E-state index in [1.165, 1.54) is 20.5 Å². The van der Waals surface area contributed by atoms with Crippen LogP contribution in [-0.4, -0.2) is 20.2 Å². The fraction of sp³-hybridized carbons (Fsp3) is 0.154. The Balaban J connectivity index is 0. The molecule has 0 bridgehead atoms. The summed E-state index contributed by atoms with van der Waals surface area (Å²) >= 11 is 0. The largest absolute Gasteiger partial charge is 0.505 e. The molecule has 4 heteroatoms. The van der Waals surface area contributed by atoms with E-state index in [1.54, 1.807) is 6.07 Å². The van der Waals surface area contributed by atoms with Gasteiger partial charge in [0.15, 0.2) is 0 Å². The molecule has 0 N–H and O–H groups in total. The third-order valence-electron chi connectivity index (χ3n) is 1.95. The molecule has 0 spiro atoms. The van der Waals surface area contributed by atoms with Crippen molar-refractivity contribution in [2.75, 3.05) is 14.2 Å². The van der Waals surface area contributed by atoms with Crippen LogP contribution in [0.1, 0.15) is 11.1 Å². The van der Waals surface area contributed by atoms with Crippen molar-refractivity contribution in [1.29, 1.82) is 0 Å². The zero-order chi connectivity index (χ0) is 11.3. The average Bonchev–Trinajstić information content (AvgIpc) is 2.26. The van der Waals surface area contributed by atoms with Crippen molar-refractivity contribution in [3.8, 4) is 0 Å². The molecule has 0 aliphatic heterocycles. The third-order valence-corrected chi connectivity index (χ3v) is 1.95. The number of carbonyl (C=O) groups is 1. The summed E-state index contributed by atoms with van der Waals surface area (Å²) < 4.78 is 9.51. The summed E-state index contributed by atoms with van der Waals surface area (Å²) in [6.07, 6.45) is 1.36. The van der Waals surface area contributed by atoms with Gasteiger partial charge in [-0.3, -0.25) is 0 Å². The van der Waals surface area contributed by atoms with Gasteiger partial charge in [-0.2, -0.15) is 18.6 Å². The molecular weight excluding hydrogens is 293 g/mol. The molecule has 0 amide bonds. The van der Waals surface area contributed by atoms with Crippen molar-refractivity contribution in [2.45, 2.75) is 0 Å². The van der Waals surface area contributed by atoms with Gasteiger partial charge in [0, 0.05) is 38.3 Å². The Morgan fingerprint density at radius 3 is 2.35 bits per heavy atom. The Kier molecular flexibility index (Phi) is 10.1. The van der Waals surface area contributed by atoms with Gasteiger partial charge in [0.2, 0.25) is 0 Å². The van der Waals surface area contributed by atoms with Crippen LogP contribution in [0.5, 0.6) is 0 Å². The number of hydrogen-bond acceptors (Lipinski definition) is 3. The van der Waals surface area contributed by atoms with Gasteiger partial charge < -0.3 is 16.9 Å². The first-order valence-corrected chi connectivity index (χ1v) is 4.43. The Morgan fingerprint density at radius 1 is 1.29 bits per heavy atom. The van der Waals surface area contributed by atoms with Crippen LogP contribution in [-0.2, 0) is 47.0 Å². The van der Waals surface area contributed by atoms with Crippen LogP contribution in [0.25, 0.3) is 5.57 Å². The molecular formula is C13H16O3Y-2. The van der Waals surface area contributed by atoms with Crippen molar-refractivity contribution in [3.63, 3.8) is 0 Å². The Hall–Kier alpha value is -0.796. The van der Waals surface area contributed by atoms with Crippen LogP contribution in [0.3, 0.4) is 0 Å². The van der Waals surface area contributed by atoms with Crippen molar-refractivity contribution < 1.29 is 47.0 Å². The van der Waals surface area contributed by atoms with E-state index in [0.717, 1.165) is 5.56 Å². The maximum absolute atomic E-state index is 11.5. The van der Waals surface area contributed by atoms with Gasteiger partial charge in [-0.1, -0.05) is 6.07 Å². The van der Waals surface area contributed by atoms with Gasteiger partial charge in [-0.15, -0.1) is 17.7 Å². The van der Waals surface area contributed by atoms with Gasteiger partial charge in [-0.05, 0) is 0 Å². The molecule has 0 saturated carbocycles. The van der Waals surface area contributed by atoms with Crippen LogP contribution in [0.4, 0.5) is 0 Å².